The van der Waals surface area contributed by atoms with E-state index in [0.29, 0.717) is 23.7 Å². The van der Waals surface area contributed by atoms with Gasteiger partial charge in [0.05, 0.1) is 17.3 Å². The van der Waals surface area contributed by atoms with Crippen LogP contribution in [-0.2, 0) is 11.3 Å². The molecule has 0 aliphatic carbocycles. The van der Waals surface area contributed by atoms with Crippen LogP contribution in [0.2, 0.25) is 0 Å². The number of rotatable bonds is 6. The van der Waals surface area contributed by atoms with Crippen molar-refractivity contribution in [3.8, 4) is 11.5 Å². The SMILES string of the molecule is CCn1c(=O)sc2cc(NC(=O)C(C)Oc3ccccc3OC)ccc21. The summed E-state index contributed by atoms with van der Waals surface area (Å²) in [6.07, 6.45) is -0.707. The molecule has 0 aliphatic heterocycles. The lowest BCUT2D eigenvalue weighted by Crippen LogP contribution is -2.30. The van der Waals surface area contributed by atoms with Gasteiger partial charge in [-0.2, -0.15) is 0 Å². The van der Waals surface area contributed by atoms with E-state index in [1.54, 1.807) is 42.9 Å². The van der Waals surface area contributed by atoms with Crippen molar-refractivity contribution >= 4 is 33.1 Å². The lowest BCUT2D eigenvalue weighted by Gasteiger charge is -2.16. The Morgan fingerprint density at radius 2 is 1.96 bits per heavy atom. The molecule has 1 heterocycles. The number of thiazole rings is 1. The van der Waals surface area contributed by atoms with Crippen molar-refractivity contribution < 1.29 is 14.3 Å². The Labute approximate surface area is 155 Å². The zero-order chi connectivity index (χ0) is 18.7. The highest BCUT2D eigenvalue weighted by molar-refractivity contribution is 7.16. The first kappa shape index (κ1) is 18.0. The highest BCUT2D eigenvalue weighted by Gasteiger charge is 2.17. The zero-order valence-electron chi connectivity index (χ0n) is 14.8. The molecule has 3 aromatic rings. The fourth-order valence-electron chi connectivity index (χ4n) is 2.65. The molecule has 3 rings (SSSR count). The third-order valence-electron chi connectivity index (χ3n) is 3.99. The highest BCUT2D eigenvalue weighted by atomic mass is 32.1. The van der Waals surface area contributed by atoms with Crippen LogP contribution in [-0.4, -0.2) is 23.7 Å². The fraction of sp³-hybridized carbons (Fsp3) is 0.263. The summed E-state index contributed by atoms with van der Waals surface area (Å²) >= 11 is 1.17. The lowest BCUT2D eigenvalue weighted by atomic mass is 10.2. The van der Waals surface area contributed by atoms with Gasteiger partial charge in [-0.15, -0.1) is 0 Å². The van der Waals surface area contributed by atoms with Crippen LogP contribution in [0.15, 0.2) is 47.3 Å². The molecule has 0 fully saturated rings. The summed E-state index contributed by atoms with van der Waals surface area (Å²) in [4.78, 5) is 24.4. The molecule has 0 spiro atoms. The Morgan fingerprint density at radius 1 is 1.23 bits per heavy atom. The van der Waals surface area contributed by atoms with Crippen LogP contribution in [0.25, 0.3) is 10.2 Å². The molecule has 136 valence electrons. The standard InChI is InChI=1S/C19H20N2O4S/c1-4-21-14-10-9-13(11-17(14)26-19(21)23)20-18(22)12(2)25-16-8-6-5-7-15(16)24-3/h5-12H,4H2,1-3H3,(H,20,22). The maximum Gasteiger partial charge on any atom is 0.308 e. The van der Waals surface area contributed by atoms with Gasteiger partial charge in [-0.1, -0.05) is 23.5 Å². The number of hydrogen-bond donors (Lipinski definition) is 1. The minimum absolute atomic E-state index is 0.00106. The van der Waals surface area contributed by atoms with Gasteiger partial charge in [0.1, 0.15) is 0 Å². The van der Waals surface area contributed by atoms with E-state index in [9.17, 15) is 9.59 Å². The molecule has 1 amide bonds. The molecular weight excluding hydrogens is 352 g/mol. The van der Waals surface area contributed by atoms with Crippen molar-refractivity contribution in [1.29, 1.82) is 0 Å². The van der Waals surface area contributed by atoms with Crippen LogP contribution in [0.5, 0.6) is 11.5 Å². The van der Waals surface area contributed by atoms with E-state index in [0.717, 1.165) is 10.2 Å². The number of aryl methyl sites for hydroxylation is 1. The Bertz CT molecular complexity index is 993. The van der Waals surface area contributed by atoms with Gasteiger partial charge in [0.25, 0.3) is 5.91 Å². The van der Waals surface area contributed by atoms with Gasteiger partial charge in [-0.3, -0.25) is 14.2 Å². The second-order valence-corrected chi connectivity index (χ2v) is 6.69. The smallest absolute Gasteiger partial charge is 0.308 e. The predicted molar refractivity (Wildman–Crippen MR) is 103 cm³/mol. The number of amides is 1. The van der Waals surface area contributed by atoms with Crippen molar-refractivity contribution in [1.82, 2.24) is 4.57 Å². The molecule has 7 heteroatoms. The summed E-state index contributed by atoms with van der Waals surface area (Å²) in [7, 11) is 1.55. The highest BCUT2D eigenvalue weighted by Crippen LogP contribution is 2.27. The number of carbonyl (C=O) groups excluding carboxylic acids is 1. The molecule has 0 saturated heterocycles. The van der Waals surface area contributed by atoms with Crippen molar-refractivity contribution in [2.24, 2.45) is 0 Å². The summed E-state index contributed by atoms with van der Waals surface area (Å²) in [5.41, 5.74) is 1.50. The molecule has 1 N–H and O–H groups in total. The number of benzene rings is 2. The molecule has 1 unspecified atom stereocenters. The van der Waals surface area contributed by atoms with Crippen molar-refractivity contribution in [2.45, 2.75) is 26.5 Å². The quantitative estimate of drug-likeness (QED) is 0.719. The second kappa shape index (κ2) is 7.61. The molecule has 6 nitrogen and oxygen atoms in total. The number of methoxy groups -OCH3 is 1. The van der Waals surface area contributed by atoms with Crippen LogP contribution in [0, 0.1) is 0 Å². The van der Waals surface area contributed by atoms with Crippen LogP contribution < -0.4 is 19.7 Å². The van der Waals surface area contributed by atoms with Crippen LogP contribution in [0.1, 0.15) is 13.8 Å². The number of nitrogens with zero attached hydrogens (tertiary/aromatic N) is 1. The summed E-state index contributed by atoms with van der Waals surface area (Å²) in [5, 5.41) is 2.83. The molecule has 0 bridgehead atoms. The normalized spacial score (nSPS) is 12.0. The number of hydrogen-bond acceptors (Lipinski definition) is 5. The number of para-hydroxylation sites is 2. The van der Waals surface area contributed by atoms with Crippen LogP contribution >= 0.6 is 11.3 Å². The van der Waals surface area contributed by atoms with E-state index in [2.05, 4.69) is 5.32 Å². The minimum atomic E-state index is -0.707. The third kappa shape index (κ3) is 3.57. The summed E-state index contributed by atoms with van der Waals surface area (Å²) in [6, 6.07) is 12.6. The minimum Gasteiger partial charge on any atom is -0.493 e. The van der Waals surface area contributed by atoms with Crippen molar-refractivity contribution in [2.75, 3.05) is 12.4 Å². The molecule has 0 radical (unpaired) electrons. The van der Waals surface area contributed by atoms with E-state index < -0.39 is 6.10 Å². The third-order valence-corrected chi connectivity index (χ3v) is 4.94. The van der Waals surface area contributed by atoms with E-state index >= 15 is 0 Å². The maximum absolute atomic E-state index is 12.4. The van der Waals surface area contributed by atoms with Gasteiger partial charge in [0, 0.05) is 12.2 Å². The van der Waals surface area contributed by atoms with E-state index in [1.165, 1.54) is 11.3 Å². The van der Waals surface area contributed by atoms with Gasteiger partial charge < -0.3 is 14.8 Å². The first-order valence-electron chi connectivity index (χ1n) is 8.27. The van der Waals surface area contributed by atoms with Gasteiger partial charge in [0.15, 0.2) is 17.6 Å². The Morgan fingerprint density at radius 3 is 2.65 bits per heavy atom. The number of ether oxygens (including phenoxy) is 2. The average molecular weight is 372 g/mol. The maximum atomic E-state index is 12.4. The molecule has 0 saturated carbocycles. The van der Waals surface area contributed by atoms with Crippen molar-refractivity contribution in [3.05, 3.63) is 52.1 Å². The molecule has 1 aromatic heterocycles. The number of carbonyl (C=O) groups is 1. The average Bonchev–Trinajstić information content (AvgIpc) is 2.96. The molecule has 26 heavy (non-hydrogen) atoms. The second-order valence-electron chi connectivity index (χ2n) is 5.69. The number of fused-ring (bicyclic) bond motifs is 1. The molecule has 0 aliphatic rings. The Kier molecular flexibility index (Phi) is 5.27. The summed E-state index contributed by atoms with van der Waals surface area (Å²) in [5.74, 6) is 0.795. The largest absolute Gasteiger partial charge is 0.493 e. The van der Waals surface area contributed by atoms with E-state index in [-0.39, 0.29) is 10.8 Å². The number of nitrogens with one attached hydrogen (secondary N) is 1. The first-order chi connectivity index (χ1) is 12.5. The fourth-order valence-corrected chi connectivity index (χ4v) is 3.64. The number of aromatic nitrogens is 1. The predicted octanol–water partition coefficient (Wildman–Crippen LogP) is 3.50. The van der Waals surface area contributed by atoms with Gasteiger partial charge in [0.2, 0.25) is 0 Å². The Hall–Kier alpha value is -2.80. The first-order valence-corrected chi connectivity index (χ1v) is 9.09. The van der Waals surface area contributed by atoms with Crippen LogP contribution in [0.4, 0.5) is 5.69 Å². The molecule has 1 atom stereocenters. The number of anilines is 1. The van der Waals surface area contributed by atoms with E-state index in [4.69, 9.17) is 9.47 Å². The van der Waals surface area contributed by atoms with E-state index in [1.807, 2.05) is 25.1 Å². The summed E-state index contributed by atoms with van der Waals surface area (Å²) < 4.78 is 13.5. The van der Waals surface area contributed by atoms with Gasteiger partial charge >= 0.3 is 4.87 Å². The summed E-state index contributed by atoms with van der Waals surface area (Å²) in [6.45, 7) is 4.22. The van der Waals surface area contributed by atoms with Gasteiger partial charge in [-0.25, -0.2) is 0 Å². The monoisotopic (exact) mass is 372 g/mol. The lowest BCUT2D eigenvalue weighted by molar-refractivity contribution is -0.122. The zero-order valence-corrected chi connectivity index (χ0v) is 15.6. The van der Waals surface area contributed by atoms with Crippen LogP contribution in [0.3, 0.4) is 0 Å². The molecular formula is C19H20N2O4S. The molecule has 2 aromatic carbocycles. The topological polar surface area (TPSA) is 69.6 Å². The van der Waals surface area contributed by atoms with Crippen molar-refractivity contribution in [3.63, 3.8) is 0 Å². The Balaban J connectivity index is 1.74. The van der Waals surface area contributed by atoms with Gasteiger partial charge in [-0.05, 0) is 44.2 Å².